The molecular formula is C13H16Cl2N2OS. The van der Waals surface area contributed by atoms with Crippen molar-refractivity contribution in [3.63, 3.8) is 0 Å². The molecule has 0 unspecified atom stereocenters. The molecule has 0 aromatic heterocycles. The minimum Gasteiger partial charge on any atom is -0.338 e. The van der Waals surface area contributed by atoms with Gasteiger partial charge in [-0.1, -0.05) is 23.2 Å². The SMILES string of the molecule is CSc1cc(C(=O)N2CCC(N)CC2)c(Cl)cc1Cl. The van der Waals surface area contributed by atoms with Crippen molar-refractivity contribution in [1.82, 2.24) is 4.90 Å². The predicted molar refractivity (Wildman–Crippen MR) is 81.4 cm³/mol. The predicted octanol–water partition coefficient (Wildman–Crippen LogP) is 3.28. The molecule has 0 aliphatic carbocycles. The number of thioether (sulfide) groups is 1. The first-order chi connectivity index (χ1) is 9.02. The van der Waals surface area contributed by atoms with Crippen molar-refractivity contribution in [2.45, 2.75) is 23.8 Å². The second kappa shape index (κ2) is 6.35. The van der Waals surface area contributed by atoms with Crippen LogP contribution in [-0.4, -0.2) is 36.2 Å². The maximum atomic E-state index is 12.5. The highest BCUT2D eigenvalue weighted by Crippen LogP contribution is 2.32. The lowest BCUT2D eigenvalue weighted by molar-refractivity contribution is 0.0714. The van der Waals surface area contributed by atoms with E-state index in [4.69, 9.17) is 28.9 Å². The van der Waals surface area contributed by atoms with Crippen molar-refractivity contribution in [2.24, 2.45) is 5.73 Å². The van der Waals surface area contributed by atoms with Gasteiger partial charge >= 0.3 is 0 Å². The first kappa shape index (κ1) is 15.0. The van der Waals surface area contributed by atoms with E-state index in [9.17, 15) is 4.79 Å². The van der Waals surface area contributed by atoms with E-state index in [0.29, 0.717) is 28.7 Å². The largest absolute Gasteiger partial charge is 0.338 e. The summed E-state index contributed by atoms with van der Waals surface area (Å²) in [4.78, 5) is 15.1. The van der Waals surface area contributed by atoms with Gasteiger partial charge in [0.15, 0.2) is 0 Å². The van der Waals surface area contributed by atoms with Gasteiger partial charge in [-0.15, -0.1) is 11.8 Å². The van der Waals surface area contributed by atoms with E-state index in [1.54, 1.807) is 12.1 Å². The lowest BCUT2D eigenvalue weighted by Gasteiger charge is -2.30. The van der Waals surface area contributed by atoms with Crippen LogP contribution in [0.5, 0.6) is 0 Å². The number of hydrogen-bond donors (Lipinski definition) is 1. The highest BCUT2D eigenvalue weighted by Gasteiger charge is 2.24. The van der Waals surface area contributed by atoms with Gasteiger partial charge in [-0.3, -0.25) is 4.79 Å². The summed E-state index contributed by atoms with van der Waals surface area (Å²) in [6.07, 6.45) is 3.60. The lowest BCUT2D eigenvalue weighted by Crippen LogP contribution is -2.42. The Kier molecular flexibility index (Phi) is 5.01. The number of amides is 1. The summed E-state index contributed by atoms with van der Waals surface area (Å²) in [6, 6.07) is 3.61. The summed E-state index contributed by atoms with van der Waals surface area (Å²) in [5, 5.41) is 0.984. The number of rotatable bonds is 2. The smallest absolute Gasteiger partial charge is 0.255 e. The second-order valence-electron chi connectivity index (χ2n) is 4.60. The van der Waals surface area contributed by atoms with E-state index in [1.165, 1.54) is 11.8 Å². The molecule has 2 N–H and O–H groups in total. The van der Waals surface area contributed by atoms with Crippen LogP contribution in [0, 0.1) is 0 Å². The zero-order valence-corrected chi connectivity index (χ0v) is 13.0. The molecule has 1 heterocycles. The Morgan fingerprint density at radius 1 is 1.32 bits per heavy atom. The monoisotopic (exact) mass is 318 g/mol. The molecular weight excluding hydrogens is 303 g/mol. The zero-order valence-electron chi connectivity index (χ0n) is 10.7. The third kappa shape index (κ3) is 3.37. The van der Waals surface area contributed by atoms with E-state index in [2.05, 4.69) is 0 Å². The average Bonchev–Trinajstić information content (AvgIpc) is 2.39. The molecule has 1 aromatic carbocycles. The number of likely N-dealkylation sites (tertiary alicyclic amines) is 1. The lowest BCUT2D eigenvalue weighted by atomic mass is 10.0. The first-order valence-electron chi connectivity index (χ1n) is 6.11. The Labute approximate surface area is 127 Å². The van der Waals surface area contributed by atoms with E-state index in [-0.39, 0.29) is 11.9 Å². The van der Waals surface area contributed by atoms with Crippen LogP contribution >= 0.6 is 35.0 Å². The summed E-state index contributed by atoms with van der Waals surface area (Å²) in [7, 11) is 0. The van der Waals surface area contributed by atoms with Gasteiger partial charge in [-0.05, 0) is 31.2 Å². The van der Waals surface area contributed by atoms with Gasteiger partial charge in [0.1, 0.15) is 0 Å². The van der Waals surface area contributed by atoms with Crippen molar-refractivity contribution in [3.05, 3.63) is 27.7 Å². The third-order valence-electron chi connectivity index (χ3n) is 3.30. The van der Waals surface area contributed by atoms with Crippen LogP contribution in [0.1, 0.15) is 23.2 Å². The fourth-order valence-corrected chi connectivity index (χ4v) is 3.31. The maximum Gasteiger partial charge on any atom is 0.255 e. The molecule has 0 bridgehead atoms. The number of benzene rings is 1. The highest BCUT2D eigenvalue weighted by atomic mass is 35.5. The highest BCUT2D eigenvalue weighted by molar-refractivity contribution is 7.98. The molecule has 0 radical (unpaired) electrons. The Balaban J connectivity index is 2.23. The van der Waals surface area contributed by atoms with Gasteiger partial charge < -0.3 is 10.6 Å². The number of hydrogen-bond acceptors (Lipinski definition) is 3. The van der Waals surface area contributed by atoms with E-state index < -0.39 is 0 Å². The van der Waals surface area contributed by atoms with Crippen LogP contribution < -0.4 is 5.73 Å². The van der Waals surface area contributed by atoms with E-state index in [0.717, 1.165) is 17.7 Å². The molecule has 0 atom stereocenters. The van der Waals surface area contributed by atoms with Gasteiger partial charge in [-0.25, -0.2) is 0 Å². The van der Waals surface area contributed by atoms with Gasteiger partial charge in [0.25, 0.3) is 5.91 Å². The Morgan fingerprint density at radius 2 is 1.95 bits per heavy atom. The Morgan fingerprint density at radius 3 is 2.53 bits per heavy atom. The molecule has 104 valence electrons. The average molecular weight is 319 g/mol. The van der Waals surface area contributed by atoms with Gasteiger partial charge in [-0.2, -0.15) is 0 Å². The summed E-state index contributed by atoms with van der Waals surface area (Å²) in [5.74, 6) is -0.0381. The number of halogens is 2. The normalized spacial score (nSPS) is 16.7. The Bertz CT molecular complexity index is 488. The number of piperidine rings is 1. The Hall–Kier alpha value is -0.420. The fourth-order valence-electron chi connectivity index (χ4n) is 2.12. The van der Waals surface area contributed by atoms with Crippen molar-refractivity contribution >= 4 is 40.9 Å². The summed E-state index contributed by atoms with van der Waals surface area (Å²) >= 11 is 13.7. The topological polar surface area (TPSA) is 46.3 Å². The second-order valence-corrected chi connectivity index (χ2v) is 6.26. The molecule has 1 saturated heterocycles. The van der Waals surface area contributed by atoms with Gasteiger partial charge in [0, 0.05) is 24.0 Å². The van der Waals surface area contributed by atoms with Crippen LogP contribution in [0.2, 0.25) is 10.0 Å². The molecule has 1 fully saturated rings. The molecule has 0 saturated carbocycles. The van der Waals surface area contributed by atoms with Crippen LogP contribution in [0.15, 0.2) is 17.0 Å². The van der Waals surface area contributed by atoms with Crippen molar-refractivity contribution < 1.29 is 4.79 Å². The van der Waals surface area contributed by atoms with Crippen molar-refractivity contribution in [3.8, 4) is 0 Å². The van der Waals surface area contributed by atoms with Crippen LogP contribution in [-0.2, 0) is 0 Å². The fraction of sp³-hybridized carbons (Fsp3) is 0.462. The number of nitrogens with two attached hydrogens (primary N) is 1. The van der Waals surface area contributed by atoms with Crippen LogP contribution in [0.25, 0.3) is 0 Å². The number of carbonyl (C=O) groups is 1. The minimum atomic E-state index is -0.0381. The molecule has 6 heteroatoms. The summed E-state index contributed by atoms with van der Waals surface area (Å²) in [6.45, 7) is 1.38. The molecule has 19 heavy (non-hydrogen) atoms. The molecule has 1 amide bonds. The summed E-state index contributed by atoms with van der Waals surface area (Å²) < 4.78 is 0. The van der Waals surface area contributed by atoms with E-state index >= 15 is 0 Å². The van der Waals surface area contributed by atoms with Crippen molar-refractivity contribution in [2.75, 3.05) is 19.3 Å². The minimum absolute atomic E-state index is 0.0381. The number of carbonyl (C=O) groups excluding carboxylic acids is 1. The molecule has 3 nitrogen and oxygen atoms in total. The summed E-state index contributed by atoms with van der Waals surface area (Å²) in [5.41, 5.74) is 6.37. The zero-order chi connectivity index (χ0) is 14.0. The quantitative estimate of drug-likeness (QED) is 0.851. The number of nitrogens with zero attached hydrogens (tertiary/aromatic N) is 1. The van der Waals surface area contributed by atoms with Crippen LogP contribution in [0.3, 0.4) is 0 Å². The van der Waals surface area contributed by atoms with Crippen molar-refractivity contribution in [1.29, 1.82) is 0 Å². The molecule has 1 aromatic rings. The third-order valence-corrected chi connectivity index (χ3v) is 4.81. The molecule has 0 spiro atoms. The molecule has 1 aliphatic heterocycles. The van der Waals surface area contributed by atoms with E-state index in [1.807, 2.05) is 11.2 Å². The molecule has 1 aliphatic rings. The molecule has 2 rings (SSSR count). The maximum absolute atomic E-state index is 12.5. The van der Waals surface area contributed by atoms with Gasteiger partial charge in [0.05, 0.1) is 15.6 Å². The van der Waals surface area contributed by atoms with Gasteiger partial charge in [0.2, 0.25) is 0 Å². The van der Waals surface area contributed by atoms with Crippen LogP contribution in [0.4, 0.5) is 0 Å². The first-order valence-corrected chi connectivity index (χ1v) is 8.09. The standard InChI is InChI=1S/C13H16Cl2N2OS/c1-19-12-6-9(10(14)7-11(12)15)13(18)17-4-2-8(16)3-5-17/h6-8H,2-5,16H2,1H3.